The Bertz CT molecular complexity index is 1140. The Kier molecular flexibility index (Phi) is 6.13. The minimum absolute atomic E-state index is 0.110. The van der Waals surface area contributed by atoms with Crippen LogP contribution in [0.3, 0.4) is 0 Å². The summed E-state index contributed by atoms with van der Waals surface area (Å²) in [6.45, 7) is 3.63. The summed E-state index contributed by atoms with van der Waals surface area (Å²) in [6.07, 6.45) is -7.86. The zero-order valence-electron chi connectivity index (χ0n) is 16.3. The molecule has 0 spiro atoms. The van der Waals surface area contributed by atoms with E-state index >= 15 is 0 Å². The molecule has 0 amide bonds. The average molecular weight is 476 g/mol. The van der Waals surface area contributed by atoms with Gasteiger partial charge in [-0.3, -0.25) is 4.98 Å². The first kappa shape index (κ1) is 23.4. The largest absolute Gasteiger partial charge is 0.478 e. The number of thiazole rings is 1. The van der Waals surface area contributed by atoms with Crippen molar-refractivity contribution in [1.82, 2.24) is 15.0 Å². The molecule has 2 N–H and O–H groups in total. The van der Waals surface area contributed by atoms with Gasteiger partial charge >= 0.3 is 18.3 Å². The number of nitrogens with one attached hydrogen (secondary N) is 1. The summed E-state index contributed by atoms with van der Waals surface area (Å²) >= 11 is 1.07. The van der Waals surface area contributed by atoms with E-state index in [1.54, 1.807) is 0 Å². The Labute approximate surface area is 181 Å². The molecule has 0 atom stereocenters. The van der Waals surface area contributed by atoms with Gasteiger partial charge in [-0.2, -0.15) is 26.3 Å². The van der Waals surface area contributed by atoms with Crippen molar-refractivity contribution < 1.29 is 36.2 Å². The number of aromatic nitrogens is 3. The highest BCUT2D eigenvalue weighted by molar-refractivity contribution is 7.16. The molecule has 0 aliphatic rings. The summed E-state index contributed by atoms with van der Waals surface area (Å²) in [6, 6.07) is 2.47. The molecular formula is C19H14F6N4O2S. The van der Waals surface area contributed by atoms with Crippen molar-refractivity contribution in [3.8, 4) is 11.3 Å². The number of carboxylic acid groups (broad SMARTS) is 1. The van der Waals surface area contributed by atoms with E-state index in [1.807, 2.05) is 13.8 Å². The highest BCUT2D eigenvalue weighted by Gasteiger charge is 2.33. The summed E-state index contributed by atoms with van der Waals surface area (Å²) in [4.78, 5) is 23.4. The van der Waals surface area contributed by atoms with Crippen LogP contribution in [-0.2, 0) is 12.4 Å². The first-order valence-electron chi connectivity index (χ1n) is 8.89. The summed E-state index contributed by atoms with van der Waals surface area (Å²) < 4.78 is 77.0. The average Bonchev–Trinajstić information content (AvgIpc) is 3.11. The zero-order valence-corrected chi connectivity index (χ0v) is 17.2. The van der Waals surface area contributed by atoms with E-state index in [1.165, 1.54) is 6.07 Å². The van der Waals surface area contributed by atoms with Gasteiger partial charge in [0.1, 0.15) is 17.1 Å². The van der Waals surface area contributed by atoms with E-state index in [4.69, 9.17) is 0 Å². The van der Waals surface area contributed by atoms with Gasteiger partial charge in [0.2, 0.25) is 0 Å². The second-order valence-electron chi connectivity index (χ2n) is 6.86. The van der Waals surface area contributed by atoms with E-state index in [-0.39, 0.29) is 16.9 Å². The number of nitrogens with zero attached hydrogens (tertiary/aromatic N) is 3. The van der Waals surface area contributed by atoms with Gasteiger partial charge in [0.25, 0.3) is 0 Å². The van der Waals surface area contributed by atoms with Crippen LogP contribution < -0.4 is 5.32 Å². The van der Waals surface area contributed by atoms with Crippen molar-refractivity contribution in [2.45, 2.75) is 32.1 Å². The number of pyridine rings is 2. The second-order valence-corrected chi connectivity index (χ2v) is 7.90. The Hall–Kier alpha value is -3.22. The van der Waals surface area contributed by atoms with Gasteiger partial charge in [0.05, 0.1) is 11.3 Å². The molecule has 3 aromatic heterocycles. The van der Waals surface area contributed by atoms with Crippen LogP contribution in [0.1, 0.15) is 46.3 Å². The molecule has 0 aliphatic carbocycles. The molecule has 170 valence electrons. The third kappa shape index (κ3) is 4.98. The van der Waals surface area contributed by atoms with Crippen molar-refractivity contribution in [2.24, 2.45) is 0 Å². The number of carboxylic acids is 1. The number of hydrogen-bond donors (Lipinski definition) is 2. The molecular weight excluding hydrogens is 462 g/mol. The number of carbonyl (C=O) groups is 1. The summed E-state index contributed by atoms with van der Waals surface area (Å²) in [5.74, 6) is -2.09. The molecule has 0 saturated carbocycles. The number of halogens is 6. The molecule has 3 rings (SSSR count). The van der Waals surface area contributed by atoms with Gasteiger partial charge in [-0.25, -0.2) is 14.8 Å². The van der Waals surface area contributed by atoms with Crippen molar-refractivity contribution >= 4 is 28.3 Å². The smallest absolute Gasteiger partial charge is 0.433 e. The van der Waals surface area contributed by atoms with Crippen LogP contribution in [0.15, 0.2) is 30.6 Å². The lowest BCUT2D eigenvalue weighted by Gasteiger charge is -2.10. The summed E-state index contributed by atoms with van der Waals surface area (Å²) in [5.41, 5.74) is -2.39. The molecule has 32 heavy (non-hydrogen) atoms. The van der Waals surface area contributed by atoms with Crippen molar-refractivity contribution in [3.05, 3.63) is 52.3 Å². The van der Waals surface area contributed by atoms with Crippen LogP contribution in [0.5, 0.6) is 0 Å². The van der Waals surface area contributed by atoms with Crippen molar-refractivity contribution in [2.75, 3.05) is 5.32 Å². The third-order valence-electron chi connectivity index (χ3n) is 4.18. The van der Waals surface area contributed by atoms with Crippen LogP contribution >= 0.6 is 11.3 Å². The maximum absolute atomic E-state index is 12.9. The van der Waals surface area contributed by atoms with E-state index in [0.717, 1.165) is 23.6 Å². The minimum Gasteiger partial charge on any atom is -0.478 e. The fourth-order valence-corrected chi connectivity index (χ4v) is 3.66. The standard InChI is InChI=1S/C19H14F6N4O2S/c1-8(2)14-13(9-3-4-12(26-6-9)19(23,24)25)28-17(32-14)29-15-11(16(30)31)5-10(7-27-15)18(20,21)22/h3-8H,1-2H3,(H,30,31)(H,27,28,29). The van der Waals surface area contributed by atoms with Crippen LogP contribution in [0, 0.1) is 0 Å². The number of rotatable bonds is 5. The Morgan fingerprint density at radius 1 is 1.06 bits per heavy atom. The van der Waals surface area contributed by atoms with Gasteiger partial charge in [-0.15, -0.1) is 11.3 Å². The predicted molar refractivity (Wildman–Crippen MR) is 104 cm³/mol. The maximum atomic E-state index is 12.9. The van der Waals surface area contributed by atoms with Crippen molar-refractivity contribution in [3.63, 3.8) is 0 Å². The third-order valence-corrected chi connectivity index (χ3v) is 5.45. The molecule has 0 saturated heterocycles. The quantitative estimate of drug-likeness (QED) is 0.426. The maximum Gasteiger partial charge on any atom is 0.433 e. The lowest BCUT2D eigenvalue weighted by atomic mass is 10.1. The normalized spacial score (nSPS) is 12.3. The highest BCUT2D eigenvalue weighted by Crippen LogP contribution is 2.38. The summed E-state index contributed by atoms with van der Waals surface area (Å²) in [7, 11) is 0. The molecule has 0 unspecified atom stereocenters. The number of anilines is 2. The molecule has 0 radical (unpaired) electrons. The monoisotopic (exact) mass is 476 g/mol. The van der Waals surface area contributed by atoms with Gasteiger partial charge in [0.15, 0.2) is 5.13 Å². The SMILES string of the molecule is CC(C)c1sc(Nc2ncc(C(F)(F)F)cc2C(=O)O)nc1-c1ccc(C(F)(F)F)nc1. The minimum atomic E-state index is -4.77. The molecule has 0 aromatic carbocycles. The summed E-state index contributed by atoms with van der Waals surface area (Å²) in [5, 5.41) is 12.0. The fraction of sp³-hybridized carbons (Fsp3) is 0.263. The predicted octanol–water partition coefficient (Wildman–Crippen LogP) is 6.20. The van der Waals surface area contributed by atoms with E-state index in [2.05, 4.69) is 20.3 Å². The highest BCUT2D eigenvalue weighted by atomic mass is 32.1. The Balaban J connectivity index is 2.00. The lowest BCUT2D eigenvalue weighted by molar-refractivity contribution is -0.141. The van der Waals surface area contributed by atoms with Crippen LogP contribution in [0.25, 0.3) is 11.3 Å². The van der Waals surface area contributed by atoms with Gasteiger partial charge in [-0.1, -0.05) is 13.8 Å². The molecule has 6 nitrogen and oxygen atoms in total. The van der Waals surface area contributed by atoms with Crippen LogP contribution in [-0.4, -0.2) is 26.0 Å². The number of aromatic carboxylic acids is 1. The molecule has 0 aliphatic heterocycles. The first-order valence-corrected chi connectivity index (χ1v) is 9.71. The van der Waals surface area contributed by atoms with E-state index < -0.39 is 35.1 Å². The fourth-order valence-electron chi connectivity index (χ4n) is 2.67. The number of hydrogen-bond acceptors (Lipinski definition) is 6. The lowest BCUT2D eigenvalue weighted by Crippen LogP contribution is -2.11. The van der Waals surface area contributed by atoms with Gasteiger partial charge < -0.3 is 10.4 Å². The molecule has 3 aromatic rings. The van der Waals surface area contributed by atoms with E-state index in [0.29, 0.717) is 28.4 Å². The van der Waals surface area contributed by atoms with Crippen LogP contribution in [0.2, 0.25) is 0 Å². The molecule has 3 heterocycles. The Morgan fingerprint density at radius 3 is 2.25 bits per heavy atom. The first-order chi connectivity index (χ1) is 14.8. The zero-order chi connectivity index (χ0) is 23.8. The topological polar surface area (TPSA) is 88.0 Å². The van der Waals surface area contributed by atoms with Gasteiger partial charge in [0, 0.05) is 22.8 Å². The molecule has 0 fully saturated rings. The molecule has 0 bridgehead atoms. The van der Waals surface area contributed by atoms with E-state index in [9.17, 15) is 36.2 Å². The molecule has 13 heteroatoms. The van der Waals surface area contributed by atoms with Crippen LogP contribution in [0.4, 0.5) is 37.3 Å². The van der Waals surface area contributed by atoms with Gasteiger partial charge in [-0.05, 0) is 24.1 Å². The van der Waals surface area contributed by atoms with Crippen molar-refractivity contribution in [1.29, 1.82) is 0 Å². The Morgan fingerprint density at radius 2 is 1.75 bits per heavy atom. The second kappa shape index (κ2) is 8.37. The number of alkyl halides is 6.